The van der Waals surface area contributed by atoms with Gasteiger partial charge in [0.25, 0.3) is 0 Å². The maximum absolute atomic E-state index is 3.88. The molecule has 0 N–H and O–H groups in total. The zero-order valence-electron chi connectivity index (χ0n) is 5.13. The van der Waals surface area contributed by atoms with E-state index < -0.39 is 0 Å². The average molecular weight is 127 g/mol. The van der Waals surface area contributed by atoms with E-state index >= 15 is 0 Å². The largest absolute Gasteiger partial charge is 0.225 e. The van der Waals surface area contributed by atoms with E-state index in [0.717, 1.165) is 10.9 Å². The highest BCUT2D eigenvalue weighted by Gasteiger charge is 1.89. The van der Waals surface area contributed by atoms with Crippen molar-refractivity contribution in [2.75, 3.05) is 0 Å². The SMILES string of the molecule is [c]1n[c]c2[c]cccc2n1. The number of nitrogens with zero attached hydrogens (tertiary/aromatic N) is 2. The van der Waals surface area contributed by atoms with Crippen molar-refractivity contribution in [1.29, 1.82) is 0 Å². The molecule has 0 aliphatic heterocycles. The molecule has 1 aromatic heterocycles. The molecule has 0 unspecified atom stereocenters. The summed E-state index contributed by atoms with van der Waals surface area (Å²) in [6.07, 6.45) is 5.19. The number of aromatic nitrogens is 2. The molecule has 0 amide bonds. The molecule has 2 aromatic rings. The van der Waals surface area contributed by atoms with E-state index in [1.807, 2.05) is 18.2 Å². The van der Waals surface area contributed by atoms with Gasteiger partial charge in [-0.1, -0.05) is 12.1 Å². The van der Waals surface area contributed by atoms with Gasteiger partial charge in [-0.3, -0.25) is 0 Å². The highest BCUT2D eigenvalue weighted by Crippen LogP contribution is 2.04. The first-order valence-corrected chi connectivity index (χ1v) is 2.89. The van der Waals surface area contributed by atoms with Gasteiger partial charge in [0.1, 0.15) is 6.20 Å². The molecular formula is C8H3N2. The van der Waals surface area contributed by atoms with Crippen LogP contribution in [0.3, 0.4) is 0 Å². The van der Waals surface area contributed by atoms with Crippen molar-refractivity contribution >= 4 is 10.9 Å². The molecule has 0 spiro atoms. The van der Waals surface area contributed by atoms with E-state index in [0.29, 0.717) is 0 Å². The molecule has 10 heavy (non-hydrogen) atoms. The second-order valence-electron chi connectivity index (χ2n) is 1.87. The lowest BCUT2D eigenvalue weighted by molar-refractivity contribution is 1.19. The maximum Gasteiger partial charge on any atom is 0.199 e. The predicted octanol–water partition coefficient (Wildman–Crippen LogP) is 1.03. The van der Waals surface area contributed by atoms with E-state index in [2.05, 4.69) is 28.6 Å². The molecule has 0 saturated heterocycles. The Bertz CT molecular complexity index is 278. The fraction of sp³-hybridized carbons (Fsp3) is 0. The second-order valence-corrected chi connectivity index (χ2v) is 1.87. The van der Waals surface area contributed by atoms with Gasteiger partial charge in [0, 0.05) is 5.39 Å². The Balaban J connectivity index is 2.89. The van der Waals surface area contributed by atoms with Crippen LogP contribution in [-0.2, 0) is 0 Å². The molecule has 3 radical (unpaired) electrons. The van der Waals surface area contributed by atoms with Crippen LogP contribution >= 0.6 is 0 Å². The molecule has 0 aliphatic carbocycles. The summed E-state index contributed by atoms with van der Waals surface area (Å²) in [6.45, 7) is 0. The zero-order chi connectivity index (χ0) is 6.81. The molecule has 0 aliphatic rings. The van der Waals surface area contributed by atoms with Gasteiger partial charge in [0.2, 0.25) is 0 Å². The van der Waals surface area contributed by atoms with Crippen LogP contribution in [0.4, 0.5) is 0 Å². The van der Waals surface area contributed by atoms with E-state index in [-0.39, 0.29) is 0 Å². The first kappa shape index (κ1) is 5.35. The Morgan fingerprint density at radius 2 is 2.40 bits per heavy atom. The minimum atomic E-state index is 0.807. The van der Waals surface area contributed by atoms with Crippen molar-refractivity contribution in [3.63, 3.8) is 0 Å². The van der Waals surface area contributed by atoms with Crippen molar-refractivity contribution in [3.8, 4) is 0 Å². The maximum atomic E-state index is 3.88. The van der Waals surface area contributed by atoms with E-state index in [9.17, 15) is 0 Å². The van der Waals surface area contributed by atoms with Crippen LogP contribution in [0.25, 0.3) is 10.9 Å². The van der Waals surface area contributed by atoms with Crippen LogP contribution in [-0.4, -0.2) is 9.97 Å². The normalized spacial score (nSPS) is 10.0. The molecule has 45 valence electrons. The molecule has 2 nitrogen and oxygen atoms in total. The summed E-state index contributed by atoms with van der Waals surface area (Å²) >= 11 is 0. The summed E-state index contributed by atoms with van der Waals surface area (Å²) in [5, 5.41) is 0.807. The minimum Gasteiger partial charge on any atom is -0.225 e. The van der Waals surface area contributed by atoms with Crippen LogP contribution in [0.15, 0.2) is 18.2 Å². The Morgan fingerprint density at radius 3 is 3.30 bits per heavy atom. The topological polar surface area (TPSA) is 25.8 Å². The van der Waals surface area contributed by atoms with Gasteiger partial charge in [-0.2, -0.15) is 0 Å². The Morgan fingerprint density at radius 1 is 1.40 bits per heavy atom. The van der Waals surface area contributed by atoms with Crippen LogP contribution in [0.2, 0.25) is 0 Å². The molecule has 1 heterocycles. The Labute approximate surface area is 58.6 Å². The molecule has 2 rings (SSSR count). The van der Waals surface area contributed by atoms with Crippen molar-refractivity contribution in [1.82, 2.24) is 9.97 Å². The lowest BCUT2D eigenvalue weighted by Crippen LogP contribution is -1.79. The second kappa shape index (κ2) is 2.06. The van der Waals surface area contributed by atoms with Gasteiger partial charge < -0.3 is 0 Å². The highest BCUT2D eigenvalue weighted by molar-refractivity contribution is 5.75. The number of hydrogen-bond donors (Lipinski definition) is 0. The third kappa shape index (κ3) is 0.739. The fourth-order valence-electron chi connectivity index (χ4n) is 0.770. The molecule has 2 heteroatoms. The predicted molar refractivity (Wildman–Crippen MR) is 36.0 cm³/mol. The van der Waals surface area contributed by atoms with Crippen molar-refractivity contribution < 1.29 is 0 Å². The standard InChI is InChI=1S/C8H3N2/c1-2-4-8-7(3-1)5-9-6-10-8/h1-2,4H. The third-order valence-corrected chi connectivity index (χ3v) is 1.22. The Hall–Kier alpha value is -1.44. The number of rotatable bonds is 0. The molecule has 0 bridgehead atoms. The van der Waals surface area contributed by atoms with Crippen LogP contribution in [0, 0.1) is 18.6 Å². The molecule has 0 atom stereocenters. The summed E-state index contributed by atoms with van der Waals surface area (Å²) in [6, 6.07) is 8.51. The Kier molecular flexibility index (Phi) is 1.10. The summed E-state index contributed by atoms with van der Waals surface area (Å²) in [4.78, 5) is 7.50. The first-order chi connectivity index (χ1) is 4.97. The van der Waals surface area contributed by atoms with Gasteiger partial charge >= 0.3 is 0 Å². The number of fused-ring (bicyclic) bond motifs is 1. The molecular weight excluding hydrogens is 124 g/mol. The van der Waals surface area contributed by atoms with Gasteiger partial charge in [0.15, 0.2) is 6.33 Å². The van der Waals surface area contributed by atoms with Gasteiger partial charge in [-0.05, 0) is 12.1 Å². The summed E-state index contributed by atoms with van der Waals surface area (Å²) in [5.41, 5.74) is 0.831. The van der Waals surface area contributed by atoms with Gasteiger partial charge in [-0.25, -0.2) is 9.97 Å². The van der Waals surface area contributed by atoms with Gasteiger partial charge in [0.05, 0.1) is 5.52 Å². The molecule has 1 aromatic carbocycles. The average Bonchev–Trinajstić information content (AvgIpc) is 2.05. The fourth-order valence-corrected chi connectivity index (χ4v) is 0.770. The van der Waals surface area contributed by atoms with Crippen molar-refractivity contribution in [3.05, 3.63) is 36.8 Å². The lowest BCUT2D eigenvalue weighted by atomic mass is 10.2. The highest BCUT2D eigenvalue weighted by atomic mass is 14.8. The quantitative estimate of drug-likeness (QED) is 0.528. The van der Waals surface area contributed by atoms with E-state index in [1.165, 1.54) is 0 Å². The van der Waals surface area contributed by atoms with E-state index in [4.69, 9.17) is 0 Å². The summed E-state index contributed by atoms with van der Waals surface area (Å²) in [5.74, 6) is 0. The van der Waals surface area contributed by atoms with Gasteiger partial charge in [-0.15, -0.1) is 0 Å². The molecule has 0 saturated carbocycles. The first-order valence-electron chi connectivity index (χ1n) is 2.89. The minimum absolute atomic E-state index is 0.807. The third-order valence-electron chi connectivity index (χ3n) is 1.22. The molecule has 0 fully saturated rings. The lowest BCUT2D eigenvalue weighted by Gasteiger charge is -1.88. The van der Waals surface area contributed by atoms with Crippen LogP contribution in [0.1, 0.15) is 0 Å². The number of benzene rings is 1. The van der Waals surface area contributed by atoms with E-state index in [1.54, 1.807) is 0 Å². The number of hydrogen-bond acceptors (Lipinski definition) is 2. The van der Waals surface area contributed by atoms with Crippen LogP contribution in [0.5, 0.6) is 0 Å². The zero-order valence-corrected chi connectivity index (χ0v) is 5.13. The summed E-state index contributed by atoms with van der Waals surface area (Å²) < 4.78 is 0. The smallest absolute Gasteiger partial charge is 0.199 e. The monoisotopic (exact) mass is 127 g/mol. The summed E-state index contributed by atoms with van der Waals surface area (Å²) in [7, 11) is 0. The van der Waals surface area contributed by atoms with Crippen LogP contribution < -0.4 is 0 Å². The van der Waals surface area contributed by atoms with Crippen molar-refractivity contribution in [2.45, 2.75) is 0 Å². The van der Waals surface area contributed by atoms with Crippen molar-refractivity contribution in [2.24, 2.45) is 0 Å².